The van der Waals surface area contributed by atoms with E-state index in [0.29, 0.717) is 10.8 Å². The smallest absolute Gasteiger partial charge is 0.208 e. The maximum absolute atomic E-state index is 12.5. The van der Waals surface area contributed by atoms with Crippen molar-refractivity contribution in [3.63, 3.8) is 0 Å². The second-order valence-electron chi connectivity index (χ2n) is 5.68. The Labute approximate surface area is 120 Å². The summed E-state index contributed by atoms with van der Waals surface area (Å²) in [6, 6.07) is 13.0. The van der Waals surface area contributed by atoms with Gasteiger partial charge in [-0.05, 0) is 30.7 Å². The van der Waals surface area contributed by atoms with Crippen molar-refractivity contribution in [1.82, 2.24) is 4.72 Å². The molecule has 2 aromatic carbocycles. The molecule has 0 spiro atoms. The minimum Gasteiger partial charge on any atom is -0.208 e. The number of sulfonamides is 1. The van der Waals surface area contributed by atoms with Crippen LogP contribution in [0.2, 0.25) is 0 Å². The minimum absolute atomic E-state index is 0.00790. The molecule has 1 saturated carbocycles. The first-order chi connectivity index (χ1) is 9.56. The monoisotopic (exact) mass is 289 g/mol. The molecule has 3 nitrogen and oxygen atoms in total. The largest absolute Gasteiger partial charge is 0.241 e. The highest BCUT2D eigenvalue weighted by atomic mass is 32.2. The van der Waals surface area contributed by atoms with E-state index < -0.39 is 10.0 Å². The van der Waals surface area contributed by atoms with Gasteiger partial charge in [-0.25, -0.2) is 13.1 Å². The highest BCUT2D eigenvalue weighted by Crippen LogP contribution is 2.33. The Balaban J connectivity index is 1.92. The SMILES string of the molecule is CC(CC1CC1)NS(=O)(=O)c1cccc2ccccc12. The normalized spacial score (nSPS) is 17.2. The molecule has 1 unspecified atom stereocenters. The summed E-state index contributed by atoms with van der Waals surface area (Å²) in [4.78, 5) is 0.373. The van der Waals surface area contributed by atoms with Gasteiger partial charge in [0.1, 0.15) is 0 Å². The molecule has 0 amide bonds. The van der Waals surface area contributed by atoms with E-state index in [2.05, 4.69) is 4.72 Å². The Morgan fingerprint density at radius 2 is 1.85 bits per heavy atom. The van der Waals surface area contributed by atoms with Gasteiger partial charge < -0.3 is 0 Å². The first-order valence-corrected chi connectivity index (χ1v) is 8.55. The predicted octanol–water partition coefficient (Wildman–Crippen LogP) is 3.31. The molecule has 0 bridgehead atoms. The molecule has 1 aliphatic rings. The summed E-state index contributed by atoms with van der Waals surface area (Å²) in [5, 5.41) is 1.73. The molecule has 0 radical (unpaired) electrons. The van der Waals surface area contributed by atoms with Gasteiger partial charge in [0, 0.05) is 11.4 Å². The van der Waals surface area contributed by atoms with Crippen LogP contribution < -0.4 is 4.72 Å². The third kappa shape index (κ3) is 2.86. The minimum atomic E-state index is -3.45. The van der Waals surface area contributed by atoms with E-state index in [1.807, 2.05) is 37.3 Å². The van der Waals surface area contributed by atoms with Crippen molar-refractivity contribution in [3.8, 4) is 0 Å². The first-order valence-electron chi connectivity index (χ1n) is 7.06. The van der Waals surface area contributed by atoms with E-state index in [9.17, 15) is 8.42 Å². The number of rotatable bonds is 5. The molecule has 1 N–H and O–H groups in total. The summed E-state index contributed by atoms with van der Waals surface area (Å²) in [5.41, 5.74) is 0. The van der Waals surface area contributed by atoms with Gasteiger partial charge in [-0.3, -0.25) is 0 Å². The summed E-state index contributed by atoms with van der Waals surface area (Å²) < 4.78 is 27.9. The number of hydrogen-bond acceptors (Lipinski definition) is 2. The lowest BCUT2D eigenvalue weighted by molar-refractivity contribution is 0.530. The Morgan fingerprint density at radius 3 is 2.60 bits per heavy atom. The molecule has 0 aromatic heterocycles. The second-order valence-corrected chi connectivity index (χ2v) is 7.36. The molecule has 0 aliphatic heterocycles. The van der Waals surface area contributed by atoms with Gasteiger partial charge in [-0.15, -0.1) is 0 Å². The Kier molecular flexibility index (Phi) is 3.52. The quantitative estimate of drug-likeness (QED) is 0.918. The van der Waals surface area contributed by atoms with Gasteiger partial charge in [0.05, 0.1) is 4.90 Å². The van der Waals surface area contributed by atoms with Crippen molar-refractivity contribution in [2.75, 3.05) is 0 Å². The van der Waals surface area contributed by atoms with Crippen LogP contribution >= 0.6 is 0 Å². The van der Waals surface area contributed by atoms with Crippen LogP contribution in [-0.2, 0) is 10.0 Å². The van der Waals surface area contributed by atoms with E-state index in [0.717, 1.165) is 17.2 Å². The fourth-order valence-corrected chi connectivity index (χ4v) is 4.15. The van der Waals surface area contributed by atoms with Crippen LogP contribution in [0.15, 0.2) is 47.4 Å². The van der Waals surface area contributed by atoms with Crippen molar-refractivity contribution < 1.29 is 8.42 Å². The van der Waals surface area contributed by atoms with Crippen LogP contribution in [0, 0.1) is 5.92 Å². The van der Waals surface area contributed by atoms with Crippen molar-refractivity contribution in [2.24, 2.45) is 5.92 Å². The number of benzene rings is 2. The lowest BCUT2D eigenvalue weighted by Gasteiger charge is -2.15. The topological polar surface area (TPSA) is 46.2 Å². The summed E-state index contributed by atoms with van der Waals surface area (Å²) in [6.45, 7) is 1.95. The standard InChI is InChI=1S/C16H19NO2S/c1-12(11-13-9-10-13)17-20(18,19)16-8-4-6-14-5-2-3-7-15(14)16/h2-8,12-13,17H,9-11H2,1H3. The highest BCUT2D eigenvalue weighted by molar-refractivity contribution is 7.89. The molecule has 20 heavy (non-hydrogen) atoms. The lowest BCUT2D eigenvalue weighted by atomic mass is 10.1. The Bertz CT molecular complexity index is 715. The molecule has 1 atom stereocenters. The molecular formula is C16H19NO2S. The molecular weight excluding hydrogens is 270 g/mol. The zero-order valence-corrected chi connectivity index (χ0v) is 12.4. The number of nitrogens with one attached hydrogen (secondary N) is 1. The molecule has 3 rings (SSSR count). The van der Waals surface area contributed by atoms with Crippen molar-refractivity contribution in [1.29, 1.82) is 0 Å². The van der Waals surface area contributed by atoms with Crippen LogP contribution in [0.4, 0.5) is 0 Å². The second kappa shape index (κ2) is 5.19. The van der Waals surface area contributed by atoms with Crippen molar-refractivity contribution >= 4 is 20.8 Å². The Morgan fingerprint density at radius 1 is 1.15 bits per heavy atom. The maximum Gasteiger partial charge on any atom is 0.241 e. The van der Waals surface area contributed by atoms with Gasteiger partial charge in [0.15, 0.2) is 0 Å². The van der Waals surface area contributed by atoms with Crippen molar-refractivity contribution in [3.05, 3.63) is 42.5 Å². The van der Waals surface area contributed by atoms with E-state index in [1.165, 1.54) is 12.8 Å². The molecule has 1 aliphatic carbocycles. The van der Waals surface area contributed by atoms with Crippen LogP contribution in [0.5, 0.6) is 0 Å². The number of fused-ring (bicyclic) bond motifs is 1. The molecule has 106 valence electrons. The number of hydrogen-bond donors (Lipinski definition) is 1. The van der Waals surface area contributed by atoms with Crippen LogP contribution in [-0.4, -0.2) is 14.5 Å². The summed E-state index contributed by atoms with van der Waals surface area (Å²) in [7, 11) is -3.45. The summed E-state index contributed by atoms with van der Waals surface area (Å²) >= 11 is 0. The van der Waals surface area contributed by atoms with Gasteiger partial charge in [-0.1, -0.05) is 49.2 Å². The van der Waals surface area contributed by atoms with Gasteiger partial charge >= 0.3 is 0 Å². The predicted molar refractivity (Wildman–Crippen MR) is 81.1 cm³/mol. The van der Waals surface area contributed by atoms with Gasteiger partial charge in [-0.2, -0.15) is 0 Å². The zero-order valence-electron chi connectivity index (χ0n) is 11.5. The third-order valence-electron chi connectivity index (χ3n) is 3.78. The van der Waals surface area contributed by atoms with E-state index in [-0.39, 0.29) is 6.04 Å². The third-order valence-corrected chi connectivity index (χ3v) is 5.43. The lowest BCUT2D eigenvalue weighted by Crippen LogP contribution is -2.33. The van der Waals surface area contributed by atoms with E-state index in [4.69, 9.17) is 0 Å². The highest BCUT2D eigenvalue weighted by Gasteiger charge is 2.26. The van der Waals surface area contributed by atoms with Gasteiger partial charge in [0.2, 0.25) is 10.0 Å². The van der Waals surface area contributed by atoms with E-state index in [1.54, 1.807) is 12.1 Å². The van der Waals surface area contributed by atoms with Crippen molar-refractivity contribution in [2.45, 2.75) is 37.1 Å². The van der Waals surface area contributed by atoms with Crippen LogP contribution in [0.3, 0.4) is 0 Å². The van der Waals surface area contributed by atoms with Crippen LogP contribution in [0.1, 0.15) is 26.2 Å². The molecule has 0 heterocycles. The fourth-order valence-electron chi connectivity index (χ4n) is 2.66. The molecule has 4 heteroatoms. The molecule has 0 saturated heterocycles. The van der Waals surface area contributed by atoms with Gasteiger partial charge in [0.25, 0.3) is 0 Å². The summed E-state index contributed by atoms with van der Waals surface area (Å²) in [5.74, 6) is 0.709. The maximum atomic E-state index is 12.5. The van der Waals surface area contributed by atoms with E-state index >= 15 is 0 Å². The average molecular weight is 289 g/mol. The molecule has 1 fully saturated rings. The average Bonchev–Trinajstić information content (AvgIpc) is 3.21. The zero-order chi connectivity index (χ0) is 14.2. The first kappa shape index (κ1) is 13.6. The summed E-state index contributed by atoms with van der Waals surface area (Å²) in [6.07, 6.45) is 3.41. The fraction of sp³-hybridized carbons (Fsp3) is 0.375. The van der Waals surface area contributed by atoms with Crippen LogP contribution in [0.25, 0.3) is 10.8 Å². The molecule has 2 aromatic rings. The Hall–Kier alpha value is -1.39.